The number of alkyl halides is 3. The Morgan fingerprint density at radius 3 is 2.47 bits per heavy atom. The number of carbonyl (C=O) groups is 3. The highest BCUT2D eigenvalue weighted by molar-refractivity contribution is 5.98. The molecule has 32 heavy (non-hydrogen) atoms. The van der Waals surface area contributed by atoms with Crippen LogP contribution in [0.5, 0.6) is 0 Å². The number of likely N-dealkylation sites (tertiary alicyclic amines) is 1. The number of hydrogen-bond donors (Lipinski definition) is 1. The van der Waals surface area contributed by atoms with Crippen LogP contribution in [0.4, 0.5) is 24.5 Å². The van der Waals surface area contributed by atoms with Crippen LogP contribution in [-0.4, -0.2) is 35.7 Å². The zero-order valence-electron chi connectivity index (χ0n) is 17.2. The number of nitrogens with zero attached hydrogens (tertiary/aromatic N) is 2. The molecule has 3 amide bonds. The Morgan fingerprint density at radius 2 is 1.81 bits per heavy atom. The number of anilines is 2. The van der Waals surface area contributed by atoms with Crippen LogP contribution >= 0.6 is 0 Å². The molecule has 6 nitrogen and oxygen atoms in total. The van der Waals surface area contributed by atoms with E-state index in [4.69, 9.17) is 0 Å². The van der Waals surface area contributed by atoms with Crippen molar-refractivity contribution < 1.29 is 27.6 Å². The van der Waals surface area contributed by atoms with Crippen molar-refractivity contribution in [1.29, 1.82) is 0 Å². The molecule has 2 aromatic rings. The van der Waals surface area contributed by atoms with E-state index in [9.17, 15) is 27.6 Å². The van der Waals surface area contributed by atoms with Crippen molar-refractivity contribution in [2.45, 2.75) is 32.0 Å². The fourth-order valence-electron chi connectivity index (χ4n) is 4.06. The second-order valence-corrected chi connectivity index (χ2v) is 8.06. The minimum absolute atomic E-state index is 0.00512. The number of benzene rings is 2. The lowest BCUT2D eigenvalue weighted by Crippen LogP contribution is -2.28. The van der Waals surface area contributed by atoms with Crippen LogP contribution in [0, 0.1) is 5.92 Å². The summed E-state index contributed by atoms with van der Waals surface area (Å²) in [7, 11) is 0. The van der Waals surface area contributed by atoms with E-state index < -0.39 is 17.7 Å². The molecule has 2 aliphatic heterocycles. The Balaban J connectivity index is 1.35. The fourth-order valence-corrected chi connectivity index (χ4v) is 4.06. The lowest BCUT2D eigenvalue weighted by atomic mass is 10.1. The first-order valence-electron chi connectivity index (χ1n) is 10.4. The first-order chi connectivity index (χ1) is 15.2. The molecule has 4 rings (SSSR count). The molecule has 9 heteroatoms. The average molecular weight is 445 g/mol. The van der Waals surface area contributed by atoms with E-state index in [0.29, 0.717) is 24.2 Å². The van der Waals surface area contributed by atoms with Gasteiger partial charge in [0.05, 0.1) is 11.5 Å². The Labute approximate surface area is 183 Å². The lowest BCUT2D eigenvalue weighted by Gasteiger charge is -2.18. The third-order valence-corrected chi connectivity index (χ3v) is 5.73. The smallest absolute Gasteiger partial charge is 0.338 e. The summed E-state index contributed by atoms with van der Waals surface area (Å²) in [6, 6.07) is 11.8. The van der Waals surface area contributed by atoms with E-state index in [-0.39, 0.29) is 37.2 Å². The van der Waals surface area contributed by atoms with Gasteiger partial charge in [-0.25, -0.2) is 0 Å². The first-order valence-corrected chi connectivity index (χ1v) is 10.4. The lowest BCUT2D eigenvalue weighted by molar-refractivity contribution is -0.137. The van der Waals surface area contributed by atoms with Crippen molar-refractivity contribution >= 4 is 29.1 Å². The minimum Gasteiger partial charge on any atom is -0.338 e. The summed E-state index contributed by atoms with van der Waals surface area (Å²) in [4.78, 5) is 39.9. The van der Waals surface area contributed by atoms with Crippen LogP contribution < -0.4 is 10.2 Å². The summed E-state index contributed by atoms with van der Waals surface area (Å²) >= 11 is 0. The molecule has 0 spiro atoms. The predicted molar refractivity (Wildman–Crippen MR) is 112 cm³/mol. The number of nitrogens with one attached hydrogen (secondary N) is 1. The number of carbonyl (C=O) groups excluding carboxylic acids is 3. The normalized spacial score (nSPS) is 19.0. The molecule has 1 unspecified atom stereocenters. The molecule has 0 radical (unpaired) electrons. The maximum Gasteiger partial charge on any atom is 0.416 e. The Morgan fingerprint density at radius 1 is 1.06 bits per heavy atom. The molecule has 0 aliphatic carbocycles. The minimum atomic E-state index is -4.45. The van der Waals surface area contributed by atoms with Crippen molar-refractivity contribution in [3.8, 4) is 0 Å². The van der Waals surface area contributed by atoms with Gasteiger partial charge in [-0.3, -0.25) is 14.4 Å². The number of hydrogen-bond acceptors (Lipinski definition) is 3. The zero-order valence-corrected chi connectivity index (χ0v) is 17.2. The summed E-state index contributed by atoms with van der Waals surface area (Å²) in [5, 5.41) is 2.78. The maximum atomic E-state index is 12.9. The fraction of sp³-hybridized carbons (Fsp3) is 0.348. The molecule has 0 bridgehead atoms. The third-order valence-electron chi connectivity index (χ3n) is 5.73. The summed E-state index contributed by atoms with van der Waals surface area (Å²) in [6.07, 6.45) is -3.09. The van der Waals surface area contributed by atoms with Gasteiger partial charge in [0.15, 0.2) is 0 Å². The molecule has 2 fully saturated rings. The summed E-state index contributed by atoms with van der Waals surface area (Å²) < 4.78 is 38.7. The standard InChI is InChI=1S/C23H22F3N3O3/c24-23(25,26)17-4-1-3-15(11-17)13-28-14-16(12-21(28)31)22(32)27-18-6-8-19(9-7-18)29-10-2-5-20(29)30/h1,3-4,6-9,11,16H,2,5,10,12-14H2,(H,27,32). The van der Waals surface area contributed by atoms with Crippen molar-refractivity contribution in [1.82, 2.24) is 4.90 Å². The van der Waals surface area contributed by atoms with Gasteiger partial charge >= 0.3 is 6.18 Å². The van der Waals surface area contributed by atoms with E-state index in [1.807, 2.05) is 0 Å². The van der Waals surface area contributed by atoms with Crippen molar-refractivity contribution in [3.05, 3.63) is 59.7 Å². The van der Waals surface area contributed by atoms with E-state index in [1.165, 1.54) is 17.0 Å². The summed E-state index contributed by atoms with van der Waals surface area (Å²) in [5.41, 5.74) is 0.916. The Hall–Kier alpha value is -3.36. The second kappa shape index (κ2) is 8.64. The van der Waals surface area contributed by atoms with E-state index in [0.717, 1.165) is 24.2 Å². The maximum absolute atomic E-state index is 12.9. The monoisotopic (exact) mass is 445 g/mol. The highest BCUT2D eigenvalue weighted by Crippen LogP contribution is 2.30. The molecular weight excluding hydrogens is 423 g/mol. The van der Waals surface area contributed by atoms with Gasteiger partial charge in [-0.15, -0.1) is 0 Å². The van der Waals surface area contributed by atoms with Crippen LogP contribution in [0.2, 0.25) is 0 Å². The molecule has 1 N–H and O–H groups in total. The number of halogens is 3. The number of amides is 3. The third kappa shape index (κ3) is 4.76. The van der Waals surface area contributed by atoms with Gasteiger partial charge in [0.25, 0.3) is 0 Å². The average Bonchev–Trinajstić information content (AvgIpc) is 3.34. The molecule has 0 aromatic heterocycles. The predicted octanol–water partition coefficient (Wildman–Crippen LogP) is 3.82. The first kappa shape index (κ1) is 21.9. The largest absolute Gasteiger partial charge is 0.416 e. The highest BCUT2D eigenvalue weighted by atomic mass is 19.4. The van der Waals surface area contributed by atoms with E-state index in [1.54, 1.807) is 29.2 Å². The van der Waals surface area contributed by atoms with Crippen LogP contribution in [0.15, 0.2) is 48.5 Å². The Kier molecular flexibility index (Phi) is 5.90. The van der Waals surface area contributed by atoms with Gasteiger partial charge in [0.2, 0.25) is 17.7 Å². The molecule has 2 aromatic carbocycles. The van der Waals surface area contributed by atoms with Crippen LogP contribution in [0.25, 0.3) is 0 Å². The van der Waals surface area contributed by atoms with E-state index >= 15 is 0 Å². The molecule has 2 saturated heterocycles. The Bertz CT molecular complexity index is 1040. The number of rotatable bonds is 5. The second-order valence-electron chi connectivity index (χ2n) is 8.06. The van der Waals surface area contributed by atoms with Crippen LogP contribution in [0.1, 0.15) is 30.4 Å². The van der Waals surface area contributed by atoms with Gasteiger partial charge in [-0.05, 0) is 48.4 Å². The molecule has 0 saturated carbocycles. The quantitative estimate of drug-likeness (QED) is 0.761. The van der Waals surface area contributed by atoms with Crippen molar-refractivity contribution in [3.63, 3.8) is 0 Å². The van der Waals surface area contributed by atoms with Gasteiger partial charge in [-0.2, -0.15) is 13.2 Å². The van der Waals surface area contributed by atoms with Gasteiger partial charge in [-0.1, -0.05) is 12.1 Å². The van der Waals surface area contributed by atoms with Crippen molar-refractivity contribution in [2.75, 3.05) is 23.3 Å². The van der Waals surface area contributed by atoms with Crippen LogP contribution in [-0.2, 0) is 27.1 Å². The molecule has 2 heterocycles. The van der Waals surface area contributed by atoms with E-state index in [2.05, 4.69) is 5.32 Å². The molecule has 1 atom stereocenters. The summed E-state index contributed by atoms with van der Waals surface area (Å²) in [6.45, 7) is 0.836. The van der Waals surface area contributed by atoms with Gasteiger partial charge in [0.1, 0.15) is 0 Å². The van der Waals surface area contributed by atoms with Gasteiger partial charge < -0.3 is 15.1 Å². The SMILES string of the molecule is O=C(Nc1ccc(N2CCCC2=O)cc1)C1CC(=O)N(Cc2cccc(C(F)(F)F)c2)C1. The molecule has 2 aliphatic rings. The topological polar surface area (TPSA) is 69.7 Å². The molecule has 168 valence electrons. The van der Waals surface area contributed by atoms with Crippen molar-refractivity contribution in [2.24, 2.45) is 5.92 Å². The zero-order chi connectivity index (χ0) is 22.9. The summed E-state index contributed by atoms with van der Waals surface area (Å²) in [5.74, 6) is -1.11. The molecular formula is C23H22F3N3O3. The van der Waals surface area contributed by atoms with Gasteiger partial charge in [0, 0.05) is 43.9 Å². The highest BCUT2D eigenvalue weighted by Gasteiger charge is 2.35. The van der Waals surface area contributed by atoms with Crippen LogP contribution in [0.3, 0.4) is 0 Å².